The third kappa shape index (κ3) is 4.51. The number of hydrogen-bond donors (Lipinski definition) is 1. The van der Waals surface area contributed by atoms with Gasteiger partial charge in [-0.05, 0) is 32.9 Å². The standard InChI is InChI=1S/C21H22ClN3O4/c1-12-20(13(2)25(4)24-12)23-21(27)14(3)29-19(26)11-28-18-10-9-17(22)15-7-5-6-8-16(15)18/h5-10,14H,11H2,1-4H3,(H,23,27)/t14-/m0/s1. The van der Waals surface area contributed by atoms with Crippen molar-refractivity contribution in [1.29, 1.82) is 0 Å². The number of amides is 1. The Balaban J connectivity index is 1.59. The number of rotatable bonds is 6. The van der Waals surface area contributed by atoms with Gasteiger partial charge < -0.3 is 14.8 Å². The molecule has 2 aromatic carbocycles. The van der Waals surface area contributed by atoms with E-state index in [1.165, 1.54) is 6.92 Å². The summed E-state index contributed by atoms with van der Waals surface area (Å²) in [5.74, 6) is -0.568. The van der Waals surface area contributed by atoms with Crippen molar-refractivity contribution in [2.75, 3.05) is 11.9 Å². The zero-order chi connectivity index (χ0) is 21.1. The first-order valence-electron chi connectivity index (χ1n) is 9.08. The number of carbonyl (C=O) groups is 2. The summed E-state index contributed by atoms with van der Waals surface area (Å²) in [6.45, 7) is 4.82. The molecule has 1 amide bonds. The second-order valence-corrected chi connectivity index (χ2v) is 7.08. The lowest BCUT2D eigenvalue weighted by Gasteiger charge is -2.15. The average Bonchev–Trinajstić information content (AvgIpc) is 2.93. The van der Waals surface area contributed by atoms with E-state index in [-0.39, 0.29) is 6.61 Å². The van der Waals surface area contributed by atoms with Gasteiger partial charge >= 0.3 is 5.97 Å². The smallest absolute Gasteiger partial charge is 0.344 e. The van der Waals surface area contributed by atoms with Crippen LogP contribution < -0.4 is 10.1 Å². The summed E-state index contributed by atoms with van der Waals surface area (Å²) in [5, 5.41) is 9.22. The van der Waals surface area contributed by atoms with Gasteiger partial charge in [-0.25, -0.2) is 4.79 Å². The van der Waals surface area contributed by atoms with Crippen molar-refractivity contribution in [3.63, 3.8) is 0 Å². The molecule has 1 atom stereocenters. The Labute approximate surface area is 173 Å². The molecule has 0 fully saturated rings. The van der Waals surface area contributed by atoms with Gasteiger partial charge in [0, 0.05) is 22.8 Å². The number of anilines is 1. The van der Waals surface area contributed by atoms with Gasteiger partial charge in [0.2, 0.25) is 0 Å². The van der Waals surface area contributed by atoms with Crippen LogP contribution >= 0.6 is 11.6 Å². The molecule has 0 aliphatic rings. The monoisotopic (exact) mass is 415 g/mol. The Kier molecular flexibility index (Phi) is 6.08. The maximum atomic E-state index is 12.4. The molecular formula is C21H22ClN3O4. The highest BCUT2D eigenvalue weighted by Gasteiger charge is 2.21. The lowest BCUT2D eigenvalue weighted by atomic mass is 10.1. The van der Waals surface area contributed by atoms with Gasteiger partial charge in [0.15, 0.2) is 12.7 Å². The Morgan fingerprint density at radius 2 is 1.86 bits per heavy atom. The first kappa shape index (κ1) is 20.7. The lowest BCUT2D eigenvalue weighted by Crippen LogP contribution is -2.32. The number of nitrogens with one attached hydrogen (secondary N) is 1. The van der Waals surface area contributed by atoms with Gasteiger partial charge in [-0.15, -0.1) is 0 Å². The van der Waals surface area contributed by atoms with Gasteiger partial charge in [-0.1, -0.05) is 35.9 Å². The minimum Gasteiger partial charge on any atom is -0.481 e. The van der Waals surface area contributed by atoms with Crippen LogP contribution in [0, 0.1) is 13.8 Å². The van der Waals surface area contributed by atoms with E-state index in [1.807, 2.05) is 31.2 Å². The number of benzene rings is 2. The molecule has 0 bridgehead atoms. The number of ether oxygens (including phenoxy) is 2. The van der Waals surface area contributed by atoms with E-state index >= 15 is 0 Å². The van der Waals surface area contributed by atoms with Gasteiger partial charge in [0.1, 0.15) is 5.75 Å². The van der Waals surface area contributed by atoms with Gasteiger partial charge in [-0.3, -0.25) is 9.48 Å². The molecular weight excluding hydrogens is 394 g/mol. The molecule has 3 aromatic rings. The fourth-order valence-electron chi connectivity index (χ4n) is 2.96. The van der Waals surface area contributed by atoms with Crippen LogP contribution in [0.5, 0.6) is 5.75 Å². The normalized spacial score (nSPS) is 11.9. The summed E-state index contributed by atoms with van der Waals surface area (Å²) in [6, 6.07) is 10.9. The van der Waals surface area contributed by atoms with Crippen LogP contribution in [0.25, 0.3) is 10.8 Å². The summed E-state index contributed by atoms with van der Waals surface area (Å²) in [5.41, 5.74) is 2.12. The number of carbonyl (C=O) groups excluding carboxylic acids is 2. The van der Waals surface area contributed by atoms with Crippen molar-refractivity contribution in [3.8, 4) is 5.75 Å². The summed E-state index contributed by atoms with van der Waals surface area (Å²) in [7, 11) is 1.79. The SMILES string of the molecule is Cc1nn(C)c(C)c1NC(=O)[C@H](C)OC(=O)COc1ccc(Cl)c2ccccc12. The number of aromatic nitrogens is 2. The highest BCUT2D eigenvalue weighted by Crippen LogP contribution is 2.31. The predicted molar refractivity (Wildman–Crippen MR) is 111 cm³/mol. The van der Waals surface area contributed by atoms with Gasteiger partial charge in [0.05, 0.1) is 17.1 Å². The molecule has 7 nitrogen and oxygen atoms in total. The summed E-state index contributed by atoms with van der Waals surface area (Å²) in [6.07, 6.45) is -0.980. The van der Waals surface area contributed by atoms with E-state index in [2.05, 4.69) is 10.4 Å². The zero-order valence-electron chi connectivity index (χ0n) is 16.7. The second-order valence-electron chi connectivity index (χ2n) is 6.67. The maximum absolute atomic E-state index is 12.4. The van der Waals surface area contributed by atoms with Crippen LogP contribution in [0.15, 0.2) is 36.4 Å². The first-order chi connectivity index (χ1) is 13.8. The second kappa shape index (κ2) is 8.53. The van der Waals surface area contributed by atoms with Crippen molar-refractivity contribution in [1.82, 2.24) is 9.78 Å². The molecule has 8 heteroatoms. The predicted octanol–water partition coefficient (Wildman–Crippen LogP) is 3.79. The number of aryl methyl sites for hydroxylation is 2. The van der Waals surface area contributed by atoms with Crippen molar-refractivity contribution >= 4 is 39.9 Å². The van der Waals surface area contributed by atoms with E-state index in [0.717, 1.165) is 16.5 Å². The molecule has 3 rings (SSSR count). The summed E-state index contributed by atoms with van der Waals surface area (Å²) < 4.78 is 12.5. The van der Waals surface area contributed by atoms with Crippen molar-refractivity contribution in [2.45, 2.75) is 26.9 Å². The Morgan fingerprint density at radius 1 is 1.17 bits per heavy atom. The minimum absolute atomic E-state index is 0.325. The van der Waals surface area contributed by atoms with Crippen LogP contribution in [0.3, 0.4) is 0 Å². The van der Waals surface area contributed by atoms with Crippen molar-refractivity contribution in [2.24, 2.45) is 7.05 Å². The van der Waals surface area contributed by atoms with E-state index in [1.54, 1.807) is 30.8 Å². The van der Waals surface area contributed by atoms with Crippen LogP contribution in [0.4, 0.5) is 5.69 Å². The molecule has 1 N–H and O–H groups in total. The van der Waals surface area contributed by atoms with E-state index in [9.17, 15) is 9.59 Å². The maximum Gasteiger partial charge on any atom is 0.344 e. The number of fused-ring (bicyclic) bond motifs is 1. The van der Waals surface area contributed by atoms with Crippen molar-refractivity contribution < 1.29 is 19.1 Å². The lowest BCUT2D eigenvalue weighted by molar-refractivity contribution is -0.155. The molecule has 0 aliphatic heterocycles. The summed E-state index contributed by atoms with van der Waals surface area (Å²) in [4.78, 5) is 24.5. The van der Waals surface area contributed by atoms with E-state index < -0.39 is 18.0 Å². The fraction of sp³-hybridized carbons (Fsp3) is 0.286. The third-order valence-electron chi connectivity index (χ3n) is 4.61. The number of hydrogen-bond acceptors (Lipinski definition) is 5. The van der Waals surface area contributed by atoms with Crippen LogP contribution in [-0.4, -0.2) is 34.4 Å². The molecule has 1 heterocycles. The Bertz CT molecular complexity index is 1080. The van der Waals surface area contributed by atoms with Crippen LogP contribution in [0.2, 0.25) is 5.02 Å². The molecule has 152 valence electrons. The number of halogens is 1. The topological polar surface area (TPSA) is 82.5 Å². The molecule has 0 saturated heterocycles. The largest absolute Gasteiger partial charge is 0.481 e. The van der Waals surface area contributed by atoms with E-state index in [4.69, 9.17) is 21.1 Å². The van der Waals surface area contributed by atoms with Gasteiger partial charge in [0.25, 0.3) is 5.91 Å². The van der Waals surface area contributed by atoms with Crippen molar-refractivity contribution in [3.05, 3.63) is 52.8 Å². The van der Waals surface area contributed by atoms with E-state index in [0.29, 0.717) is 22.2 Å². The number of esters is 1. The zero-order valence-corrected chi connectivity index (χ0v) is 17.4. The summed E-state index contributed by atoms with van der Waals surface area (Å²) >= 11 is 6.19. The van der Waals surface area contributed by atoms with Crippen LogP contribution in [-0.2, 0) is 21.4 Å². The molecule has 0 aliphatic carbocycles. The third-order valence-corrected chi connectivity index (χ3v) is 4.94. The molecule has 0 saturated carbocycles. The molecule has 0 spiro atoms. The molecule has 29 heavy (non-hydrogen) atoms. The molecule has 0 radical (unpaired) electrons. The fourth-order valence-corrected chi connectivity index (χ4v) is 3.19. The van der Waals surface area contributed by atoms with Crippen LogP contribution in [0.1, 0.15) is 18.3 Å². The first-order valence-corrected chi connectivity index (χ1v) is 9.46. The minimum atomic E-state index is -0.980. The molecule has 0 unspecified atom stereocenters. The van der Waals surface area contributed by atoms with Gasteiger partial charge in [-0.2, -0.15) is 5.10 Å². The Morgan fingerprint density at radius 3 is 2.52 bits per heavy atom. The quantitative estimate of drug-likeness (QED) is 0.619. The highest BCUT2D eigenvalue weighted by atomic mass is 35.5. The molecule has 1 aromatic heterocycles. The number of nitrogens with zero attached hydrogens (tertiary/aromatic N) is 2. The Hall–Kier alpha value is -3.06. The average molecular weight is 416 g/mol. The highest BCUT2D eigenvalue weighted by molar-refractivity contribution is 6.35.